The predicted octanol–water partition coefficient (Wildman–Crippen LogP) is 9.06. The maximum absolute atomic E-state index is 11.5. The highest BCUT2D eigenvalue weighted by Crippen LogP contribution is 2.52. The number of hydrogen-bond donors (Lipinski definition) is 2. The van der Waals surface area contributed by atoms with Crippen LogP contribution >= 0.6 is 57.1 Å². The van der Waals surface area contributed by atoms with Crippen LogP contribution in [0.5, 0.6) is 5.75 Å². The zero-order valence-electron chi connectivity index (χ0n) is 21.0. The number of nitrogens with zero attached hydrogens (tertiary/aromatic N) is 1. The monoisotopic (exact) mass is 580 g/mol. The molecule has 3 aromatic rings. The van der Waals surface area contributed by atoms with Crippen LogP contribution in [0.3, 0.4) is 0 Å². The molecule has 9 heteroatoms. The van der Waals surface area contributed by atoms with Gasteiger partial charge >= 0.3 is 0 Å². The zero-order valence-corrected chi connectivity index (χ0v) is 25.1. The van der Waals surface area contributed by atoms with Crippen LogP contribution in [-0.4, -0.2) is 34.0 Å². The van der Waals surface area contributed by atoms with Gasteiger partial charge in [-0.05, 0) is 90.9 Å². The predicted molar refractivity (Wildman–Crippen MR) is 164 cm³/mol. The number of hydrogen-bond acceptors (Lipinski definition) is 7. The van der Waals surface area contributed by atoms with E-state index < -0.39 is 10.5 Å². The number of nitrogens with one attached hydrogen (secondary N) is 1. The van der Waals surface area contributed by atoms with Gasteiger partial charge in [-0.3, -0.25) is 0 Å². The summed E-state index contributed by atoms with van der Waals surface area (Å²) < 4.78 is 24.9. The Morgan fingerprint density at radius 2 is 2.03 bits per heavy atom. The lowest BCUT2D eigenvalue weighted by Gasteiger charge is -2.42. The van der Waals surface area contributed by atoms with E-state index in [-0.39, 0.29) is 0 Å². The van der Waals surface area contributed by atoms with E-state index in [1.54, 1.807) is 42.2 Å². The highest BCUT2D eigenvalue weighted by atomic mass is 35.5. The van der Waals surface area contributed by atoms with Gasteiger partial charge in [0.25, 0.3) is 0 Å². The summed E-state index contributed by atoms with van der Waals surface area (Å²) in [5, 5.41) is 4.93. The summed E-state index contributed by atoms with van der Waals surface area (Å²) in [6.07, 6.45) is 4.31. The van der Waals surface area contributed by atoms with Crippen LogP contribution in [0.25, 0.3) is 10.1 Å². The minimum Gasteiger partial charge on any atom is -0.497 e. The first-order chi connectivity index (χ1) is 17.2. The molecule has 1 aromatic heterocycles. The van der Waals surface area contributed by atoms with Gasteiger partial charge in [-0.25, -0.2) is 4.31 Å². The van der Waals surface area contributed by atoms with E-state index in [1.807, 2.05) is 30.5 Å². The fraction of sp³-hybridized carbons (Fsp3) is 0.333. The Morgan fingerprint density at radius 3 is 2.69 bits per heavy atom. The third-order valence-corrected chi connectivity index (χ3v) is 12.1. The molecule has 1 saturated carbocycles. The van der Waals surface area contributed by atoms with Crippen LogP contribution in [0.1, 0.15) is 30.9 Å². The Kier molecular flexibility index (Phi) is 9.31. The second-order valence-electron chi connectivity index (χ2n) is 9.16. The molecule has 2 aromatic carbocycles. The fourth-order valence-electron chi connectivity index (χ4n) is 3.98. The van der Waals surface area contributed by atoms with E-state index in [2.05, 4.69) is 53.1 Å². The Hall–Kier alpha value is -1.26. The molecule has 4 rings (SSSR count). The summed E-state index contributed by atoms with van der Waals surface area (Å²) in [5.41, 5.74) is 3.58. The quantitative estimate of drug-likeness (QED) is 0.208. The van der Waals surface area contributed by atoms with Crippen molar-refractivity contribution < 1.29 is 9.29 Å². The number of halogens is 1. The van der Waals surface area contributed by atoms with E-state index >= 15 is 0 Å². The third kappa shape index (κ3) is 7.19. The van der Waals surface area contributed by atoms with Crippen molar-refractivity contribution in [2.75, 3.05) is 19.1 Å². The average molecular weight is 581 g/mol. The lowest BCUT2D eigenvalue weighted by atomic mass is 10.2. The lowest BCUT2D eigenvalue weighted by Crippen LogP contribution is -2.31. The minimum atomic E-state index is -1.94. The van der Waals surface area contributed by atoms with Crippen LogP contribution < -0.4 is 9.46 Å². The van der Waals surface area contributed by atoms with Crippen molar-refractivity contribution in [2.45, 2.75) is 43.5 Å². The number of thioether (sulfide) groups is 1. The van der Waals surface area contributed by atoms with Gasteiger partial charge in [-0.2, -0.15) is 0 Å². The first kappa shape index (κ1) is 27.8. The molecule has 36 heavy (non-hydrogen) atoms. The van der Waals surface area contributed by atoms with Gasteiger partial charge < -0.3 is 14.0 Å². The largest absolute Gasteiger partial charge is 0.497 e. The van der Waals surface area contributed by atoms with Gasteiger partial charge in [0.15, 0.2) is 0 Å². The van der Waals surface area contributed by atoms with Crippen LogP contribution in [0.15, 0.2) is 69.3 Å². The Morgan fingerprint density at radius 1 is 1.31 bits per heavy atom. The molecule has 4 nitrogen and oxygen atoms in total. The van der Waals surface area contributed by atoms with Crippen LogP contribution in [0, 0.1) is 6.92 Å². The summed E-state index contributed by atoms with van der Waals surface area (Å²) in [6, 6.07) is 14.6. The Labute approximate surface area is 233 Å². The van der Waals surface area contributed by atoms with E-state index in [4.69, 9.17) is 16.3 Å². The molecule has 0 bridgehead atoms. The highest BCUT2D eigenvalue weighted by molar-refractivity contribution is 8.26. The second kappa shape index (κ2) is 12.1. The summed E-state index contributed by atoms with van der Waals surface area (Å²) in [7, 11) is -0.265. The number of aryl methyl sites for hydroxylation is 1. The summed E-state index contributed by atoms with van der Waals surface area (Å²) >= 11 is 11.1. The van der Waals surface area contributed by atoms with Gasteiger partial charge in [-0.15, -0.1) is 11.3 Å². The molecule has 1 fully saturated rings. The van der Waals surface area contributed by atoms with Crippen LogP contribution in [0.4, 0.5) is 0 Å². The van der Waals surface area contributed by atoms with Crippen molar-refractivity contribution in [3.8, 4) is 5.75 Å². The molecule has 0 radical (unpaired) electrons. The molecule has 1 aliphatic rings. The third-order valence-electron chi connectivity index (χ3n) is 5.97. The van der Waals surface area contributed by atoms with Crippen molar-refractivity contribution in [3.05, 3.63) is 81.2 Å². The van der Waals surface area contributed by atoms with Crippen LogP contribution in [-0.2, 0) is 6.54 Å². The minimum absolute atomic E-state index is 0.463. The fourth-order valence-corrected chi connectivity index (χ4v) is 9.34. The first-order valence-corrected chi connectivity index (χ1v) is 16.7. The smallest absolute Gasteiger partial charge is 0.118 e. The standard InChI is InChI=1S/C27H33ClN2O2S4/c1-18(16-33-20(3)29-35-27-19(2)25-14-22(28)8-13-26(25)34-27)17-36(5,31)30(23-9-10-23)15-21-6-11-24(32-4)12-7-21/h6-8,11-14,16,23,29,31H,3,9-10,15,17H2,1-2,4-5H3/b18-16+. The van der Waals surface area contributed by atoms with Crippen molar-refractivity contribution in [2.24, 2.45) is 0 Å². The Balaban J connectivity index is 1.32. The molecule has 0 aliphatic heterocycles. The molecule has 0 saturated heterocycles. The molecule has 1 atom stereocenters. The normalized spacial score (nSPS) is 16.7. The van der Waals surface area contributed by atoms with Gasteiger partial charge in [-0.1, -0.05) is 58.1 Å². The van der Waals surface area contributed by atoms with E-state index in [9.17, 15) is 4.55 Å². The molecule has 1 unspecified atom stereocenters. The van der Waals surface area contributed by atoms with Crippen molar-refractivity contribution in [1.82, 2.24) is 9.03 Å². The van der Waals surface area contributed by atoms with Gasteiger partial charge in [0.1, 0.15) is 5.75 Å². The number of rotatable bonds is 12. The molecular weight excluding hydrogens is 548 g/mol. The lowest BCUT2D eigenvalue weighted by molar-refractivity contribution is 0.400. The van der Waals surface area contributed by atoms with E-state index in [0.29, 0.717) is 11.8 Å². The molecule has 194 valence electrons. The number of ether oxygens (including phenoxy) is 1. The zero-order chi connectivity index (χ0) is 25.9. The molecule has 1 aliphatic carbocycles. The highest BCUT2D eigenvalue weighted by Gasteiger charge is 2.37. The van der Waals surface area contributed by atoms with Crippen molar-refractivity contribution in [3.63, 3.8) is 0 Å². The molecule has 1 heterocycles. The molecule has 0 spiro atoms. The van der Waals surface area contributed by atoms with Crippen molar-refractivity contribution in [1.29, 1.82) is 0 Å². The first-order valence-electron chi connectivity index (χ1n) is 11.7. The average Bonchev–Trinajstić information content (AvgIpc) is 3.64. The summed E-state index contributed by atoms with van der Waals surface area (Å²) in [5.74, 6) is 1.51. The van der Waals surface area contributed by atoms with Gasteiger partial charge in [0, 0.05) is 34.3 Å². The van der Waals surface area contributed by atoms with Gasteiger partial charge in [0.2, 0.25) is 0 Å². The summed E-state index contributed by atoms with van der Waals surface area (Å²) in [4.78, 5) is 0. The second-order valence-corrected chi connectivity index (χ2v) is 15.4. The number of thiophene rings is 1. The summed E-state index contributed by atoms with van der Waals surface area (Å²) in [6.45, 7) is 9.14. The van der Waals surface area contributed by atoms with E-state index in [0.717, 1.165) is 40.8 Å². The topological polar surface area (TPSA) is 44.7 Å². The number of benzene rings is 2. The SMILES string of the molecule is C=C(NSc1sc2ccc(Cl)cc2c1C)S/C=C(\C)CS(C)(O)N(Cc1ccc(OC)cc1)C1CC1. The molecule has 2 N–H and O–H groups in total. The number of methoxy groups -OCH3 is 1. The van der Waals surface area contributed by atoms with E-state index in [1.165, 1.54) is 25.4 Å². The maximum atomic E-state index is 11.5. The van der Waals surface area contributed by atoms with Gasteiger partial charge in [0.05, 0.1) is 16.3 Å². The molecular formula is C27H33ClN2O2S4. The molecule has 0 amide bonds. The van der Waals surface area contributed by atoms with Crippen LogP contribution in [0.2, 0.25) is 5.02 Å². The number of fused-ring (bicyclic) bond motifs is 1. The van der Waals surface area contributed by atoms with Crippen molar-refractivity contribution >= 4 is 67.2 Å². The maximum Gasteiger partial charge on any atom is 0.118 e. The Bertz CT molecular complexity index is 1250.